The smallest absolute Gasteiger partial charge is 0.273 e. The quantitative estimate of drug-likeness (QED) is 0.676. The molecule has 25 heavy (non-hydrogen) atoms. The van der Waals surface area contributed by atoms with Crippen LogP contribution in [0.3, 0.4) is 0 Å². The molecule has 126 valence electrons. The van der Waals surface area contributed by atoms with Crippen molar-refractivity contribution in [3.8, 4) is 5.88 Å². The van der Waals surface area contributed by atoms with Crippen molar-refractivity contribution >= 4 is 32.6 Å². The number of amides is 1. The lowest BCUT2D eigenvalue weighted by molar-refractivity contribution is 0.0767. The van der Waals surface area contributed by atoms with Gasteiger partial charge >= 0.3 is 0 Å². The van der Waals surface area contributed by atoms with Crippen molar-refractivity contribution in [3.05, 3.63) is 65.0 Å². The predicted molar refractivity (Wildman–Crippen MR) is 98.6 cm³/mol. The molecule has 1 saturated heterocycles. The minimum atomic E-state index is -0.0647. The molecule has 3 heterocycles. The maximum absolute atomic E-state index is 12.9. The minimum absolute atomic E-state index is 0.0528. The molecule has 0 spiro atoms. The van der Waals surface area contributed by atoms with Crippen molar-refractivity contribution in [2.75, 3.05) is 13.1 Å². The van der Waals surface area contributed by atoms with Crippen LogP contribution in [0.5, 0.6) is 5.88 Å². The molecule has 1 atom stereocenters. The van der Waals surface area contributed by atoms with E-state index in [1.165, 1.54) is 0 Å². The molecule has 0 radical (unpaired) electrons. The topological polar surface area (TPSA) is 55.3 Å². The molecule has 1 unspecified atom stereocenters. The van der Waals surface area contributed by atoms with Gasteiger partial charge in [-0.25, -0.2) is 4.98 Å². The third kappa shape index (κ3) is 3.22. The van der Waals surface area contributed by atoms with Crippen LogP contribution in [-0.2, 0) is 0 Å². The molecule has 1 aromatic carbocycles. The normalized spacial score (nSPS) is 17.0. The molecule has 1 fully saturated rings. The number of pyridine rings is 2. The highest BCUT2D eigenvalue weighted by Crippen LogP contribution is 2.25. The van der Waals surface area contributed by atoms with Crippen LogP contribution >= 0.6 is 15.9 Å². The fraction of sp³-hybridized carbons (Fsp3) is 0.211. The molecule has 1 aliphatic heterocycles. The van der Waals surface area contributed by atoms with E-state index in [4.69, 9.17) is 4.74 Å². The van der Waals surface area contributed by atoms with Crippen molar-refractivity contribution in [2.24, 2.45) is 0 Å². The van der Waals surface area contributed by atoms with Crippen LogP contribution in [0.15, 0.2) is 59.3 Å². The number of fused-ring (bicyclic) bond motifs is 1. The lowest BCUT2D eigenvalue weighted by atomic mass is 10.1. The first-order valence-electron chi connectivity index (χ1n) is 8.12. The number of carbonyl (C=O) groups excluding carboxylic acids is 1. The van der Waals surface area contributed by atoms with Crippen molar-refractivity contribution < 1.29 is 9.53 Å². The number of halogens is 1. The van der Waals surface area contributed by atoms with Gasteiger partial charge in [0.05, 0.1) is 11.0 Å². The Hall–Kier alpha value is -2.47. The fourth-order valence-corrected chi connectivity index (χ4v) is 3.41. The summed E-state index contributed by atoms with van der Waals surface area (Å²) in [5.41, 5.74) is 0.498. The first-order valence-corrected chi connectivity index (χ1v) is 8.92. The van der Waals surface area contributed by atoms with Crippen molar-refractivity contribution in [1.29, 1.82) is 0 Å². The van der Waals surface area contributed by atoms with Gasteiger partial charge in [-0.05, 0) is 39.5 Å². The summed E-state index contributed by atoms with van der Waals surface area (Å²) in [5, 5.41) is 1.90. The summed E-state index contributed by atoms with van der Waals surface area (Å²) in [6.45, 7) is 1.19. The molecular formula is C19H16BrN3O2. The highest BCUT2D eigenvalue weighted by molar-refractivity contribution is 9.10. The molecule has 0 N–H and O–H groups in total. The summed E-state index contributed by atoms with van der Waals surface area (Å²) >= 11 is 3.43. The number of aromatic nitrogens is 2. The summed E-state index contributed by atoms with van der Waals surface area (Å²) in [7, 11) is 0. The molecule has 0 saturated carbocycles. The Bertz CT molecular complexity index is 926. The molecular weight excluding hydrogens is 382 g/mol. The van der Waals surface area contributed by atoms with E-state index in [0.29, 0.717) is 24.7 Å². The van der Waals surface area contributed by atoms with Gasteiger partial charge in [0.2, 0.25) is 5.88 Å². The second-order valence-electron chi connectivity index (χ2n) is 5.95. The van der Waals surface area contributed by atoms with Gasteiger partial charge in [-0.3, -0.25) is 9.78 Å². The highest BCUT2D eigenvalue weighted by Gasteiger charge is 2.30. The van der Waals surface area contributed by atoms with E-state index in [-0.39, 0.29) is 12.0 Å². The van der Waals surface area contributed by atoms with E-state index in [0.717, 1.165) is 21.7 Å². The Morgan fingerprint density at radius 3 is 2.88 bits per heavy atom. The Morgan fingerprint density at radius 1 is 1.12 bits per heavy atom. The zero-order valence-electron chi connectivity index (χ0n) is 13.4. The summed E-state index contributed by atoms with van der Waals surface area (Å²) in [4.78, 5) is 23.3. The first-order chi connectivity index (χ1) is 12.2. The number of carbonyl (C=O) groups is 1. The van der Waals surface area contributed by atoms with Crippen LogP contribution in [-0.4, -0.2) is 40.0 Å². The maximum Gasteiger partial charge on any atom is 0.273 e. The molecule has 0 aliphatic carbocycles. The van der Waals surface area contributed by atoms with Crippen LogP contribution in [0.25, 0.3) is 10.8 Å². The van der Waals surface area contributed by atoms with Gasteiger partial charge in [-0.15, -0.1) is 0 Å². The highest BCUT2D eigenvalue weighted by atomic mass is 79.9. The number of nitrogens with zero attached hydrogens (tertiary/aromatic N) is 3. The van der Waals surface area contributed by atoms with Gasteiger partial charge in [0, 0.05) is 30.7 Å². The van der Waals surface area contributed by atoms with E-state index in [9.17, 15) is 4.79 Å². The number of hydrogen-bond donors (Lipinski definition) is 0. The van der Waals surface area contributed by atoms with E-state index >= 15 is 0 Å². The van der Waals surface area contributed by atoms with Crippen LogP contribution in [0, 0.1) is 0 Å². The summed E-state index contributed by atoms with van der Waals surface area (Å²) in [6.07, 6.45) is 4.09. The Morgan fingerprint density at radius 2 is 2.00 bits per heavy atom. The molecule has 4 rings (SSSR count). The summed E-state index contributed by atoms with van der Waals surface area (Å²) in [5.74, 6) is 0.507. The van der Waals surface area contributed by atoms with Crippen LogP contribution in [0.4, 0.5) is 0 Å². The number of benzene rings is 1. The van der Waals surface area contributed by atoms with E-state index in [1.54, 1.807) is 17.3 Å². The molecule has 0 bridgehead atoms. The van der Waals surface area contributed by atoms with E-state index < -0.39 is 0 Å². The van der Waals surface area contributed by atoms with Gasteiger partial charge in [-0.2, -0.15) is 0 Å². The van der Waals surface area contributed by atoms with Crippen molar-refractivity contribution in [2.45, 2.75) is 12.5 Å². The van der Waals surface area contributed by atoms with Crippen LogP contribution in [0.2, 0.25) is 0 Å². The molecule has 1 amide bonds. The average Bonchev–Trinajstić information content (AvgIpc) is 3.11. The minimum Gasteiger partial charge on any atom is -0.472 e. The number of hydrogen-bond acceptors (Lipinski definition) is 4. The van der Waals surface area contributed by atoms with Gasteiger partial charge in [-0.1, -0.05) is 24.3 Å². The van der Waals surface area contributed by atoms with Crippen LogP contribution in [0.1, 0.15) is 16.9 Å². The largest absolute Gasteiger partial charge is 0.472 e. The van der Waals surface area contributed by atoms with Gasteiger partial charge in [0.1, 0.15) is 11.8 Å². The second kappa shape index (κ2) is 6.80. The maximum atomic E-state index is 12.9. The summed E-state index contributed by atoms with van der Waals surface area (Å²) in [6, 6.07) is 13.5. The third-order valence-corrected chi connectivity index (χ3v) is 4.91. The zero-order chi connectivity index (χ0) is 17.2. The number of ether oxygens (including phenoxy) is 1. The third-order valence-electron chi connectivity index (χ3n) is 4.31. The van der Waals surface area contributed by atoms with Crippen molar-refractivity contribution in [1.82, 2.24) is 14.9 Å². The second-order valence-corrected chi connectivity index (χ2v) is 6.81. The van der Waals surface area contributed by atoms with Gasteiger partial charge in [0.25, 0.3) is 5.91 Å². The monoisotopic (exact) mass is 397 g/mol. The fourth-order valence-electron chi connectivity index (χ4n) is 3.06. The predicted octanol–water partition coefficient (Wildman–Crippen LogP) is 3.69. The van der Waals surface area contributed by atoms with E-state index in [1.807, 2.05) is 42.5 Å². The Balaban J connectivity index is 1.51. The first kappa shape index (κ1) is 16.0. The zero-order valence-corrected chi connectivity index (χ0v) is 15.0. The van der Waals surface area contributed by atoms with Gasteiger partial charge in [0.15, 0.2) is 0 Å². The number of rotatable bonds is 3. The Kier molecular flexibility index (Phi) is 4.36. The number of likely N-dealkylation sites (tertiary alicyclic amines) is 1. The average molecular weight is 398 g/mol. The SMILES string of the molecule is O=C(c1nccc2ccccc12)N1CCC(Oc2ncccc2Br)C1. The van der Waals surface area contributed by atoms with E-state index in [2.05, 4.69) is 25.9 Å². The molecule has 2 aromatic heterocycles. The Labute approximate surface area is 153 Å². The van der Waals surface area contributed by atoms with Gasteiger partial charge < -0.3 is 9.64 Å². The molecule has 1 aliphatic rings. The standard InChI is InChI=1S/C19H16BrN3O2/c20-16-6-3-9-22-18(16)25-14-8-11-23(12-14)19(24)17-15-5-2-1-4-13(15)7-10-21-17/h1-7,9-10,14H,8,11-12H2. The van der Waals surface area contributed by atoms with Crippen molar-refractivity contribution in [3.63, 3.8) is 0 Å². The molecule has 3 aromatic rings. The lowest BCUT2D eigenvalue weighted by Gasteiger charge is -2.17. The summed E-state index contributed by atoms with van der Waals surface area (Å²) < 4.78 is 6.75. The lowest BCUT2D eigenvalue weighted by Crippen LogP contribution is -2.31. The van der Waals surface area contributed by atoms with Crippen LogP contribution < -0.4 is 4.74 Å². The molecule has 6 heteroatoms. The molecule has 5 nitrogen and oxygen atoms in total.